The fourth-order valence-corrected chi connectivity index (χ4v) is 2.60. The van der Waals surface area contributed by atoms with Gasteiger partial charge in [-0.05, 0) is 36.6 Å². The highest BCUT2D eigenvalue weighted by molar-refractivity contribution is 4.74. The van der Waals surface area contributed by atoms with Gasteiger partial charge < -0.3 is 14.5 Å². The summed E-state index contributed by atoms with van der Waals surface area (Å²) in [5, 5.41) is 0. The number of piperazine rings is 1. The van der Waals surface area contributed by atoms with Crippen molar-refractivity contribution in [3.05, 3.63) is 0 Å². The van der Waals surface area contributed by atoms with Gasteiger partial charge in [-0.25, -0.2) is 0 Å². The maximum absolute atomic E-state index is 5.76. The normalized spacial score (nSPS) is 18.8. The van der Waals surface area contributed by atoms with Gasteiger partial charge in [-0.1, -0.05) is 41.5 Å². The van der Waals surface area contributed by atoms with Crippen LogP contribution in [0.15, 0.2) is 0 Å². The topological polar surface area (TPSA) is 15.7 Å². The zero-order chi connectivity index (χ0) is 16.6. The summed E-state index contributed by atoms with van der Waals surface area (Å²) in [7, 11) is 0. The molecule has 0 N–H and O–H groups in total. The first kappa shape index (κ1) is 19.9. The molecule has 0 saturated carbocycles. The highest BCUT2D eigenvalue weighted by Crippen LogP contribution is 2.19. The average molecular weight is 313 g/mol. The lowest BCUT2D eigenvalue weighted by Crippen LogP contribution is -2.47. The Labute approximate surface area is 139 Å². The Morgan fingerprint density at radius 2 is 1.18 bits per heavy atom. The monoisotopic (exact) mass is 312 g/mol. The van der Waals surface area contributed by atoms with Gasteiger partial charge in [-0.15, -0.1) is 0 Å². The Kier molecular flexibility index (Phi) is 8.37. The molecule has 0 aromatic carbocycles. The van der Waals surface area contributed by atoms with Crippen molar-refractivity contribution in [2.45, 2.75) is 60.8 Å². The molecule has 1 aliphatic rings. The molecule has 3 heteroatoms. The molecular weight excluding hydrogens is 272 g/mol. The van der Waals surface area contributed by atoms with Crippen molar-refractivity contribution in [2.75, 3.05) is 52.5 Å². The standard InChI is InChI=1S/C19H40N2O/c1-18(2,3)8-11-21-14-12-20(13-15-21)10-7-16-22-17-9-19(4,5)6/h7-17H2,1-6H3. The van der Waals surface area contributed by atoms with Gasteiger partial charge in [0.2, 0.25) is 0 Å². The summed E-state index contributed by atoms with van der Waals surface area (Å²) in [6, 6.07) is 0. The summed E-state index contributed by atoms with van der Waals surface area (Å²) in [5.41, 5.74) is 0.852. The van der Waals surface area contributed by atoms with E-state index in [9.17, 15) is 0 Å². The molecule has 1 rings (SSSR count). The van der Waals surface area contributed by atoms with E-state index in [1.807, 2.05) is 0 Å². The highest BCUT2D eigenvalue weighted by atomic mass is 16.5. The predicted octanol–water partition coefficient (Wildman–Crippen LogP) is 3.88. The maximum Gasteiger partial charge on any atom is 0.0478 e. The van der Waals surface area contributed by atoms with Gasteiger partial charge in [-0.2, -0.15) is 0 Å². The maximum atomic E-state index is 5.76. The van der Waals surface area contributed by atoms with E-state index in [0.717, 1.165) is 19.6 Å². The quantitative estimate of drug-likeness (QED) is 0.633. The summed E-state index contributed by atoms with van der Waals surface area (Å²) < 4.78 is 5.76. The molecule has 3 nitrogen and oxygen atoms in total. The molecule has 0 atom stereocenters. The number of nitrogens with zero attached hydrogens (tertiary/aromatic N) is 2. The molecule has 0 aromatic rings. The van der Waals surface area contributed by atoms with Crippen LogP contribution in [0.2, 0.25) is 0 Å². The summed E-state index contributed by atoms with van der Waals surface area (Å²) in [6.45, 7) is 23.0. The fraction of sp³-hybridized carbons (Fsp3) is 1.00. The van der Waals surface area contributed by atoms with Crippen LogP contribution < -0.4 is 0 Å². The number of rotatable bonds is 8. The van der Waals surface area contributed by atoms with Crippen LogP contribution in [0.25, 0.3) is 0 Å². The predicted molar refractivity (Wildman–Crippen MR) is 96.5 cm³/mol. The van der Waals surface area contributed by atoms with Crippen molar-refractivity contribution in [2.24, 2.45) is 10.8 Å². The molecule has 0 aliphatic carbocycles. The lowest BCUT2D eigenvalue weighted by molar-refractivity contribution is 0.0840. The second-order valence-corrected chi connectivity index (χ2v) is 9.27. The molecule has 0 unspecified atom stereocenters. The van der Waals surface area contributed by atoms with Crippen LogP contribution in [0.3, 0.4) is 0 Å². The highest BCUT2D eigenvalue weighted by Gasteiger charge is 2.18. The minimum Gasteiger partial charge on any atom is -0.381 e. The van der Waals surface area contributed by atoms with Crippen molar-refractivity contribution in [3.8, 4) is 0 Å². The molecule has 1 aliphatic heterocycles. The Morgan fingerprint density at radius 3 is 1.68 bits per heavy atom. The second kappa shape index (κ2) is 9.24. The Morgan fingerprint density at radius 1 is 0.682 bits per heavy atom. The van der Waals surface area contributed by atoms with Crippen LogP contribution in [-0.2, 0) is 4.74 Å². The first-order valence-corrected chi connectivity index (χ1v) is 9.18. The van der Waals surface area contributed by atoms with E-state index in [0.29, 0.717) is 10.8 Å². The molecule has 0 spiro atoms. The first-order chi connectivity index (χ1) is 10.2. The van der Waals surface area contributed by atoms with Gasteiger partial charge in [0.05, 0.1) is 0 Å². The molecule has 0 radical (unpaired) electrons. The summed E-state index contributed by atoms with van der Waals surface area (Å²) in [6.07, 6.45) is 3.63. The van der Waals surface area contributed by atoms with Crippen LogP contribution in [-0.4, -0.2) is 62.3 Å². The molecule has 0 amide bonds. The van der Waals surface area contributed by atoms with Crippen LogP contribution in [0, 0.1) is 10.8 Å². The van der Waals surface area contributed by atoms with Gasteiger partial charge in [0.1, 0.15) is 0 Å². The van der Waals surface area contributed by atoms with Crippen molar-refractivity contribution in [1.82, 2.24) is 9.80 Å². The number of hydrogen-bond acceptors (Lipinski definition) is 3. The molecular formula is C19H40N2O. The van der Waals surface area contributed by atoms with Crippen LogP contribution >= 0.6 is 0 Å². The van der Waals surface area contributed by atoms with E-state index in [1.165, 1.54) is 52.1 Å². The van der Waals surface area contributed by atoms with Gasteiger partial charge >= 0.3 is 0 Å². The van der Waals surface area contributed by atoms with E-state index < -0.39 is 0 Å². The molecule has 22 heavy (non-hydrogen) atoms. The Bertz CT molecular complexity index is 283. The molecule has 1 heterocycles. The smallest absolute Gasteiger partial charge is 0.0478 e. The van der Waals surface area contributed by atoms with E-state index in [4.69, 9.17) is 4.74 Å². The number of ether oxygens (including phenoxy) is 1. The summed E-state index contributed by atoms with van der Waals surface area (Å²) in [5.74, 6) is 0. The van der Waals surface area contributed by atoms with Crippen LogP contribution in [0.5, 0.6) is 0 Å². The second-order valence-electron chi connectivity index (χ2n) is 9.27. The largest absolute Gasteiger partial charge is 0.381 e. The van der Waals surface area contributed by atoms with Crippen LogP contribution in [0.1, 0.15) is 60.8 Å². The van der Waals surface area contributed by atoms with Gasteiger partial charge in [0.15, 0.2) is 0 Å². The SMILES string of the molecule is CC(C)(C)CCOCCCN1CCN(CCC(C)(C)C)CC1. The van der Waals surface area contributed by atoms with Crippen molar-refractivity contribution in [1.29, 1.82) is 0 Å². The molecule has 1 saturated heterocycles. The van der Waals surface area contributed by atoms with Gasteiger partial charge in [0.25, 0.3) is 0 Å². The molecule has 0 bridgehead atoms. The van der Waals surface area contributed by atoms with Crippen molar-refractivity contribution < 1.29 is 4.74 Å². The van der Waals surface area contributed by atoms with Gasteiger partial charge in [-0.3, -0.25) is 0 Å². The number of hydrogen-bond donors (Lipinski definition) is 0. The van der Waals surface area contributed by atoms with E-state index in [-0.39, 0.29) is 0 Å². The van der Waals surface area contributed by atoms with E-state index in [2.05, 4.69) is 51.3 Å². The van der Waals surface area contributed by atoms with E-state index in [1.54, 1.807) is 0 Å². The lowest BCUT2D eigenvalue weighted by atomic mass is 9.92. The fourth-order valence-electron chi connectivity index (χ4n) is 2.60. The minimum atomic E-state index is 0.392. The molecule has 1 fully saturated rings. The zero-order valence-electron chi connectivity index (χ0n) is 16.1. The third-order valence-corrected chi connectivity index (χ3v) is 4.40. The van der Waals surface area contributed by atoms with Crippen LogP contribution in [0.4, 0.5) is 0 Å². The summed E-state index contributed by atoms with van der Waals surface area (Å²) >= 11 is 0. The summed E-state index contributed by atoms with van der Waals surface area (Å²) in [4.78, 5) is 5.22. The minimum absolute atomic E-state index is 0.392. The Balaban J connectivity index is 1.99. The van der Waals surface area contributed by atoms with Gasteiger partial charge in [0, 0.05) is 45.9 Å². The third kappa shape index (κ3) is 10.6. The average Bonchev–Trinajstić information content (AvgIpc) is 2.39. The Hall–Kier alpha value is -0.120. The molecule has 0 aromatic heterocycles. The zero-order valence-corrected chi connectivity index (χ0v) is 16.1. The van der Waals surface area contributed by atoms with E-state index >= 15 is 0 Å². The first-order valence-electron chi connectivity index (χ1n) is 9.18. The molecule has 132 valence electrons. The third-order valence-electron chi connectivity index (χ3n) is 4.40. The van der Waals surface area contributed by atoms with Crippen molar-refractivity contribution in [3.63, 3.8) is 0 Å². The van der Waals surface area contributed by atoms with Crippen molar-refractivity contribution >= 4 is 0 Å². The lowest BCUT2D eigenvalue weighted by Gasteiger charge is -2.36.